The van der Waals surface area contributed by atoms with Gasteiger partial charge in [-0.1, -0.05) is 0 Å². The Labute approximate surface area is 201 Å². The molecule has 0 radical (unpaired) electrons. The van der Waals surface area contributed by atoms with Crippen LogP contribution < -0.4 is 9.47 Å². The van der Waals surface area contributed by atoms with Gasteiger partial charge >= 0.3 is 6.09 Å². The minimum absolute atomic E-state index is 0.200. The molecule has 0 unspecified atom stereocenters. The number of hydrogen-bond acceptors (Lipinski definition) is 7. The van der Waals surface area contributed by atoms with Crippen molar-refractivity contribution in [2.75, 3.05) is 26.8 Å². The minimum atomic E-state index is -0.573. The van der Waals surface area contributed by atoms with Crippen LogP contribution in [0.15, 0.2) is 53.2 Å². The molecule has 0 aliphatic carbocycles. The molecule has 0 N–H and O–H groups in total. The molecule has 8 heteroatoms. The van der Waals surface area contributed by atoms with Gasteiger partial charge in [0.2, 0.25) is 5.88 Å². The topological polar surface area (TPSA) is 81.2 Å². The average Bonchev–Trinajstić information content (AvgIpc) is 2.81. The number of methoxy groups -OCH3 is 1. The SMILES string of the molecule is COc1cc(C=O)c(OCC2=C(C3=CC=C=CN3C(C)C)CN(C(=O)OC(C)(C)C)CC2)cn1. The quantitative estimate of drug-likeness (QED) is 0.431. The number of allylic oxidation sites excluding steroid dienone is 2. The summed E-state index contributed by atoms with van der Waals surface area (Å²) in [6.45, 7) is 11.0. The van der Waals surface area contributed by atoms with Gasteiger partial charge in [0.25, 0.3) is 0 Å². The third-order valence-corrected chi connectivity index (χ3v) is 5.42. The number of carbonyl (C=O) groups is 2. The largest absolute Gasteiger partial charge is 0.487 e. The van der Waals surface area contributed by atoms with Gasteiger partial charge in [-0.05, 0) is 64.3 Å². The highest BCUT2D eigenvalue weighted by Gasteiger charge is 2.30. The average molecular weight is 468 g/mol. The molecule has 3 rings (SSSR count). The molecule has 1 amide bonds. The van der Waals surface area contributed by atoms with Crippen molar-refractivity contribution < 1.29 is 23.8 Å². The zero-order valence-electron chi connectivity index (χ0n) is 20.8. The highest BCUT2D eigenvalue weighted by Crippen LogP contribution is 2.31. The van der Waals surface area contributed by atoms with E-state index in [1.54, 1.807) is 11.0 Å². The van der Waals surface area contributed by atoms with Gasteiger partial charge in [0.15, 0.2) is 6.29 Å². The maximum absolute atomic E-state index is 12.8. The van der Waals surface area contributed by atoms with Crippen LogP contribution in [0, 0.1) is 0 Å². The van der Waals surface area contributed by atoms with Crippen molar-refractivity contribution in [3.8, 4) is 11.6 Å². The number of amides is 1. The lowest BCUT2D eigenvalue weighted by Crippen LogP contribution is -2.43. The van der Waals surface area contributed by atoms with Crippen LogP contribution in [0.2, 0.25) is 0 Å². The lowest BCUT2D eigenvalue weighted by Gasteiger charge is -2.37. The first-order valence-corrected chi connectivity index (χ1v) is 11.4. The van der Waals surface area contributed by atoms with Crippen molar-refractivity contribution in [1.29, 1.82) is 0 Å². The molecule has 182 valence electrons. The van der Waals surface area contributed by atoms with E-state index in [4.69, 9.17) is 14.2 Å². The molecule has 0 fully saturated rings. The minimum Gasteiger partial charge on any atom is -0.487 e. The molecule has 0 spiro atoms. The van der Waals surface area contributed by atoms with Crippen LogP contribution in [0.5, 0.6) is 11.6 Å². The summed E-state index contributed by atoms with van der Waals surface area (Å²) < 4.78 is 16.7. The third-order valence-electron chi connectivity index (χ3n) is 5.42. The van der Waals surface area contributed by atoms with E-state index < -0.39 is 5.60 Å². The molecular formula is C26H33N3O5. The monoisotopic (exact) mass is 467 g/mol. The van der Waals surface area contributed by atoms with Gasteiger partial charge in [-0.3, -0.25) is 4.79 Å². The number of ether oxygens (including phenoxy) is 3. The maximum Gasteiger partial charge on any atom is 0.410 e. The van der Waals surface area contributed by atoms with Gasteiger partial charge in [0.1, 0.15) is 18.0 Å². The van der Waals surface area contributed by atoms with E-state index in [2.05, 4.69) is 29.5 Å². The number of rotatable bonds is 7. The second-order valence-electron chi connectivity index (χ2n) is 9.42. The van der Waals surface area contributed by atoms with Gasteiger partial charge < -0.3 is 24.0 Å². The third kappa shape index (κ3) is 6.08. The predicted molar refractivity (Wildman–Crippen MR) is 129 cm³/mol. The van der Waals surface area contributed by atoms with E-state index in [9.17, 15) is 9.59 Å². The summed E-state index contributed by atoms with van der Waals surface area (Å²) in [5.74, 6) is 0.730. The van der Waals surface area contributed by atoms with E-state index in [-0.39, 0.29) is 18.7 Å². The van der Waals surface area contributed by atoms with Gasteiger partial charge in [0.05, 0.1) is 25.4 Å². The molecule has 0 atom stereocenters. The van der Waals surface area contributed by atoms with Crippen molar-refractivity contribution in [3.05, 3.63) is 58.8 Å². The Hall–Kier alpha value is -3.51. The summed E-state index contributed by atoms with van der Waals surface area (Å²) >= 11 is 0. The second kappa shape index (κ2) is 10.6. The molecule has 1 aromatic rings. The van der Waals surface area contributed by atoms with Gasteiger partial charge in [0, 0.05) is 30.5 Å². The summed E-state index contributed by atoms with van der Waals surface area (Å²) in [4.78, 5) is 32.4. The first-order chi connectivity index (χ1) is 16.1. The molecule has 2 aliphatic heterocycles. The van der Waals surface area contributed by atoms with Crippen LogP contribution >= 0.6 is 0 Å². The van der Waals surface area contributed by atoms with Crippen molar-refractivity contribution >= 4 is 12.4 Å². The van der Waals surface area contributed by atoms with Gasteiger partial charge in [-0.2, -0.15) is 0 Å². The van der Waals surface area contributed by atoms with Crippen LogP contribution in [0.4, 0.5) is 4.79 Å². The fraction of sp³-hybridized carbons (Fsp3) is 0.462. The molecular weight excluding hydrogens is 434 g/mol. The lowest BCUT2D eigenvalue weighted by molar-refractivity contribution is 0.0257. The summed E-state index contributed by atoms with van der Waals surface area (Å²) in [5, 5.41) is 0. The zero-order chi connectivity index (χ0) is 24.9. The number of pyridine rings is 1. The van der Waals surface area contributed by atoms with Crippen molar-refractivity contribution in [2.45, 2.75) is 52.7 Å². The first-order valence-electron chi connectivity index (χ1n) is 11.4. The van der Waals surface area contributed by atoms with Crippen molar-refractivity contribution in [1.82, 2.24) is 14.8 Å². The highest BCUT2D eigenvalue weighted by atomic mass is 16.6. The van der Waals surface area contributed by atoms with Crippen molar-refractivity contribution in [3.63, 3.8) is 0 Å². The Bertz CT molecular complexity index is 1060. The molecule has 34 heavy (non-hydrogen) atoms. The second-order valence-corrected chi connectivity index (χ2v) is 9.42. The number of carbonyl (C=O) groups excluding carboxylic acids is 2. The summed E-state index contributed by atoms with van der Waals surface area (Å²) in [6, 6.07) is 1.74. The Kier molecular flexibility index (Phi) is 7.84. The van der Waals surface area contributed by atoms with E-state index in [0.717, 1.165) is 23.1 Å². The molecule has 0 aromatic carbocycles. The molecule has 8 nitrogen and oxygen atoms in total. The Balaban J connectivity index is 1.91. The number of hydrogen-bond donors (Lipinski definition) is 0. The summed E-state index contributed by atoms with van der Waals surface area (Å²) in [6.07, 6.45) is 8.26. The number of aldehydes is 1. The molecule has 3 heterocycles. The molecule has 2 aliphatic rings. The number of nitrogens with zero attached hydrogens (tertiary/aromatic N) is 3. The Morgan fingerprint density at radius 1 is 1.32 bits per heavy atom. The zero-order valence-corrected chi connectivity index (χ0v) is 20.8. The van der Waals surface area contributed by atoms with E-state index in [0.29, 0.717) is 36.7 Å². The standard InChI is InChI=1S/C26H33N3O5/c1-18(2)29-11-8-7-9-22(29)21-15-28(25(31)34-26(3,4)5)12-10-19(21)17-33-23-14-27-24(32-6)13-20(23)16-30/h7,9,11,13-14,16,18H,10,12,15,17H2,1-6H3. The molecule has 1 aromatic heterocycles. The normalized spacial score (nSPS) is 16.0. The van der Waals surface area contributed by atoms with E-state index >= 15 is 0 Å². The van der Waals surface area contributed by atoms with Crippen LogP contribution in [-0.4, -0.2) is 65.6 Å². The van der Waals surface area contributed by atoms with Crippen LogP contribution in [0.25, 0.3) is 0 Å². The van der Waals surface area contributed by atoms with Crippen molar-refractivity contribution in [2.24, 2.45) is 0 Å². The van der Waals surface area contributed by atoms with E-state index in [1.807, 2.05) is 39.1 Å². The highest BCUT2D eigenvalue weighted by molar-refractivity contribution is 5.79. The van der Waals surface area contributed by atoms with Crippen LogP contribution in [0.3, 0.4) is 0 Å². The van der Waals surface area contributed by atoms with Gasteiger partial charge in [-0.15, -0.1) is 5.73 Å². The first kappa shape index (κ1) is 25.1. The smallest absolute Gasteiger partial charge is 0.410 e. The fourth-order valence-electron chi connectivity index (χ4n) is 3.72. The fourth-order valence-corrected chi connectivity index (χ4v) is 3.72. The Morgan fingerprint density at radius 3 is 2.74 bits per heavy atom. The van der Waals surface area contributed by atoms with Crippen LogP contribution in [0.1, 0.15) is 51.4 Å². The van der Waals surface area contributed by atoms with E-state index in [1.165, 1.54) is 13.3 Å². The number of aromatic nitrogens is 1. The lowest BCUT2D eigenvalue weighted by atomic mass is 9.96. The molecule has 0 saturated heterocycles. The predicted octanol–water partition coefficient (Wildman–Crippen LogP) is 4.50. The molecule has 0 bridgehead atoms. The maximum atomic E-state index is 12.8. The van der Waals surface area contributed by atoms with Gasteiger partial charge in [-0.25, -0.2) is 9.78 Å². The summed E-state index contributed by atoms with van der Waals surface area (Å²) in [5.41, 5.74) is 5.96. The Morgan fingerprint density at radius 2 is 2.09 bits per heavy atom. The summed E-state index contributed by atoms with van der Waals surface area (Å²) in [7, 11) is 1.49. The van der Waals surface area contributed by atoms with Crippen LogP contribution in [-0.2, 0) is 4.74 Å². The molecule has 0 saturated carbocycles.